The molecular formula is C14H22ClFN2O. The molecule has 108 valence electrons. The zero-order chi connectivity index (χ0) is 13.0. The third kappa shape index (κ3) is 4.14. The van der Waals surface area contributed by atoms with E-state index in [1.807, 2.05) is 12.1 Å². The van der Waals surface area contributed by atoms with Crippen molar-refractivity contribution in [3.05, 3.63) is 35.1 Å². The number of rotatable bonds is 4. The van der Waals surface area contributed by atoms with Crippen LogP contribution in [0.25, 0.3) is 0 Å². The average molecular weight is 289 g/mol. The second-order valence-corrected chi connectivity index (χ2v) is 4.82. The number of aryl methyl sites for hydroxylation is 1. The minimum Gasteiger partial charge on any atom is -0.396 e. The predicted molar refractivity (Wildman–Crippen MR) is 77.3 cm³/mol. The maximum absolute atomic E-state index is 13.3. The highest BCUT2D eigenvalue weighted by molar-refractivity contribution is 5.85. The topological polar surface area (TPSA) is 35.5 Å². The van der Waals surface area contributed by atoms with Crippen molar-refractivity contribution in [3.63, 3.8) is 0 Å². The van der Waals surface area contributed by atoms with Crippen LogP contribution in [-0.2, 0) is 0 Å². The lowest BCUT2D eigenvalue weighted by atomic mass is 9.99. The van der Waals surface area contributed by atoms with Gasteiger partial charge in [-0.3, -0.25) is 4.90 Å². The summed E-state index contributed by atoms with van der Waals surface area (Å²) in [5.74, 6) is -0.165. The molecule has 0 aliphatic carbocycles. The second-order valence-electron chi connectivity index (χ2n) is 4.82. The van der Waals surface area contributed by atoms with Crippen LogP contribution >= 0.6 is 12.4 Å². The van der Waals surface area contributed by atoms with E-state index in [1.165, 1.54) is 6.07 Å². The van der Waals surface area contributed by atoms with Gasteiger partial charge in [-0.25, -0.2) is 4.39 Å². The van der Waals surface area contributed by atoms with Crippen molar-refractivity contribution in [2.75, 3.05) is 32.8 Å². The molecule has 0 aromatic heterocycles. The van der Waals surface area contributed by atoms with Crippen LogP contribution in [0.2, 0.25) is 0 Å². The molecule has 1 heterocycles. The monoisotopic (exact) mass is 288 g/mol. The Labute approximate surface area is 120 Å². The molecule has 1 fully saturated rings. The Morgan fingerprint density at radius 3 is 2.63 bits per heavy atom. The summed E-state index contributed by atoms with van der Waals surface area (Å²) in [6, 6.07) is 5.45. The number of piperazine rings is 1. The molecule has 1 aromatic carbocycles. The summed E-state index contributed by atoms with van der Waals surface area (Å²) >= 11 is 0. The van der Waals surface area contributed by atoms with Crippen molar-refractivity contribution >= 4 is 12.4 Å². The molecule has 0 bridgehead atoms. The predicted octanol–water partition coefficient (Wildman–Crippen LogP) is 1.88. The van der Waals surface area contributed by atoms with E-state index >= 15 is 0 Å². The van der Waals surface area contributed by atoms with Crippen molar-refractivity contribution in [2.24, 2.45) is 0 Å². The quantitative estimate of drug-likeness (QED) is 0.888. The fraction of sp³-hybridized carbons (Fsp3) is 0.571. The first kappa shape index (κ1) is 16.4. The molecule has 0 unspecified atom stereocenters. The molecule has 5 heteroatoms. The summed E-state index contributed by atoms with van der Waals surface area (Å²) in [6.07, 6.45) is 0.699. The van der Waals surface area contributed by atoms with Gasteiger partial charge in [-0.1, -0.05) is 12.1 Å². The van der Waals surface area contributed by atoms with E-state index in [4.69, 9.17) is 0 Å². The number of aliphatic hydroxyl groups excluding tert-OH is 1. The van der Waals surface area contributed by atoms with E-state index in [0.29, 0.717) is 12.0 Å². The highest BCUT2D eigenvalue weighted by Gasteiger charge is 2.22. The van der Waals surface area contributed by atoms with Crippen LogP contribution in [0.15, 0.2) is 18.2 Å². The Balaban J connectivity index is 0.00000180. The van der Waals surface area contributed by atoms with Gasteiger partial charge in [0, 0.05) is 38.8 Å². The highest BCUT2D eigenvalue weighted by Crippen LogP contribution is 2.25. The lowest BCUT2D eigenvalue weighted by Gasteiger charge is -2.35. The van der Waals surface area contributed by atoms with Gasteiger partial charge >= 0.3 is 0 Å². The molecule has 0 amide bonds. The van der Waals surface area contributed by atoms with Gasteiger partial charge in [-0.2, -0.15) is 0 Å². The van der Waals surface area contributed by atoms with Gasteiger partial charge in [0.15, 0.2) is 0 Å². The zero-order valence-corrected chi connectivity index (χ0v) is 12.0. The van der Waals surface area contributed by atoms with Crippen LogP contribution in [0.3, 0.4) is 0 Å². The number of hydrogen-bond acceptors (Lipinski definition) is 3. The number of nitrogens with one attached hydrogen (secondary N) is 1. The second kappa shape index (κ2) is 7.80. The van der Waals surface area contributed by atoms with Crippen LogP contribution in [-0.4, -0.2) is 42.8 Å². The molecule has 2 rings (SSSR count). The molecule has 0 spiro atoms. The Morgan fingerprint density at radius 2 is 2.05 bits per heavy atom. The first-order chi connectivity index (χ1) is 8.72. The third-order valence-corrected chi connectivity index (χ3v) is 3.56. The smallest absolute Gasteiger partial charge is 0.126 e. The lowest BCUT2D eigenvalue weighted by Crippen LogP contribution is -2.45. The van der Waals surface area contributed by atoms with Gasteiger partial charge in [0.2, 0.25) is 0 Å². The Kier molecular flexibility index (Phi) is 6.72. The van der Waals surface area contributed by atoms with Crippen molar-refractivity contribution in [2.45, 2.75) is 19.4 Å². The first-order valence-electron chi connectivity index (χ1n) is 6.54. The largest absolute Gasteiger partial charge is 0.396 e. The van der Waals surface area contributed by atoms with Gasteiger partial charge in [-0.05, 0) is 30.5 Å². The molecule has 1 saturated heterocycles. The maximum Gasteiger partial charge on any atom is 0.126 e. The van der Waals surface area contributed by atoms with E-state index < -0.39 is 0 Å². The number of benzene rings is 1. The van der Waals surface area contributed by atoms with Gasteiger partial charge in [0.25, 0.3) is 0 Å². The Hall–Kier alpha value is -0.680. The van der Waals surface area contributed by atoms with Crippen molar-refractivity contribution < 1.29 is 9.50 Å². The molecule has 3 nitrogen and oxygen atoms in total. The van der Waals surface area contributed by atoms with E-state index in [1.54, 1.807) is 6.92 Å². The van der Waals surface area contributed by atoms with E-state index in [-0.39, 0.29) is 30.9 Å². The minimum absolute atomic E-state index is 0. The summed E-state index contributed by atoms with van der Waals surface area (Å²) in [6.45, 7) is 5.84. The van der Waals surface area contributed by atoms with Crippen molar-refractivity contribution in [1.29, 1.82) is 0 Å². The van der Waals surface area contributed by atoms with E-state index in [0.717, 1.165) is 31.7 Å². The SMILES string of the molecule is Cc1cc([C@@H](CCO)N2CCNCC2)ccc1F.Cl. The third-order valence-electron chi connectivity index (χ3n) is 3.56. The summed E-state index contributed by atoms with van der Waals surface area (Å²) in [4.78, 5) is 2.36. The van der Waals surface area contributed by atoms with E-state index in [2.05, 4.69) is 10.2 Å². The molecule has 0 radical (unpaired) electrons. The molecule has 1 atom stereocenters. The van der Waals surface area contributed by atoms with Crippen molar-refractivity contribution in [3.8, 4) is 0 Å². The van der Waals surface area contributed by atoms with Crippen LogP contribution < -0.4 is 5.32 Å². The van der Waals surface area contributed by atoms with Crippen LogP contribution in [0.5, 0.6) is 0 Å². The normalized spacial score (nSPS) is 17.8. The number of halogens is 2. The summed E-state index contributed by atoms with van der Waals surface area (Å²) in [5, 5.41) is 12.6. The summed E-state index contributed by atoms with van der Waals surface area (Å²) < 4.78 is 13.3. The van der Waals surface area contributed by atoms with Gasteiger partial charge in [0.05, 0.1) is 0 Å². The average Bonchev–Trinajstić information content (AvgIpc) is 2.40. The fourth-order valence-electron chi connectivity index (χ4n) is 2.55. The van der Waals surface area contributed by atoms with Gasteiger partial charge in [0.1, 0.15) is 5.82 Å². The molecule has 0 saturated carbocycles. The number of aliphatic hydroxyl groups is 1. The van der Waals surface area contributed by atoms with Crippen LogP contribution in [0.4, 0.5) is 4.39 Å². The fourth-order valence-corrected chi connectivity index (χ4v) is 2.55. The molecule has 19 heavy (non-hydrogen) atoms. The van der Waals surface area contributed by atoms with Gasteiger partial charge in [-0.15, -0.1) is 12.4 Å². The molecule has 1 aliphatic rings. The first-order valence-corrected chi connectivity index (χ1v) is 6.54. The maximum atomic E-state index is 13.3. The lowest BCUT2D eigenvalue weighted by molar-refractivity contribution is 0.141. The number of hydrogen-bond donors (Lipinski definition) is 2. The molecular weight excluding hydrogens is 267 g/mol. The Morgan fingerprint density at radius 1 is 1.37 bits per heavy atom. The minimum atomic E-state index is -0.165. The van der Waals surface area contributed by atoms with E-state index in [9.17, 15) is 9.50 Å². The summed E-state index contributed by atoms with van der Waals surface area (Å²) in [7, 11) is 0. The van der Waals surface area contributed by atoms with Crippen molar-refractivity contribution in [1.82, 2.24) is 10.2 Å². The van der Waals surface area contributed by atoms with Crippen LogP contribution in [0, 0.1) is 12.7 Å². The number of nitrogens with zero attached hydrogens (tertiary/aromatic N) is 1. The highest BCUT2D eigenvalue weighted by atomic mass is 35.5. The Bertz CT molecular complexity index is 397. The molecule has 1 aromatic rings. The molecule has 1 aliphatic heterocycles. The summed E-state index contributed by atoms with van der Waals surface area (Å²) in [5.41, 5.74) is 1.77. The zero-order valence-electron chi connectivity index (χ0n) is 11.2. The van der Waals surface area contributed by atoms with Crippen LogP contribution in [0.1, 0.15) is 23.6 Å². The standard InChI is InChI=1S/C14H21FN2O.ClH/c1-11-10-12(2-3-13(11)15)14(4-9-18)17-7-5-16-6-8-17;/h2-3,10,14,16,18H,4-9H2,1H3;1H/t14-;/m1./s1. The molecule has 2 N–H and O–H groups in total. The van der Waals surface area contributed by atoms with Gasteiger partial charge < -0.3 is 10.4 Å².